The van der Waals surface area contributed by atoms with Crippen molar-refractivity contribution in [3.05, 3.63) is 41.6 Å². The minimum Gasteiger partial charge on any atom is -0.465 e. The van der Waals surface area contributed by atoms with E-state index in [0.29, 0.717) is 29.6 Å². The van der Waals surface area contributed by atoms with E-state index in [0.717, 1.165) is 0 Å². The third kappa shape index (κ3) is 2.65. The molecule has 0 aliphatic carbocycles. The summed E-state index contributed by atoms with van der Waals surface area (Å²) in [5, 5.41) is 10.6. The summed E-state index contributed by atoms with van der Waals surface area (Å²) in [6.45, 7) is 2.08. The van der Waals surface area contributed by atoms with Crippen LogP contribution >= 0.6 is 0 Å². The number of carbonyl (C=O) groups is 1. The highest BCUT2D eigenvalue weighted by Crippen LogP contribution is 2.16. The van der Waals surface area contributed by atoms with Crippen LogP contribution in [0.5, 0.6) is 0 Å². The molecule has 1 aromatic heterocycles. The second-order valence-electron chi connectivity index (χ2n) is 3.61. The Morgan fingerprint density at radius 1 is 1.39 bits per heavy atom. The van der Waals surface area contributed by atoms with Crippen molar-refractivity contribution in [2.75, 3.05) is 12.4 Å². The van der Waals surface area contributed by atoms with E-state index in [1.165, 1.54) is 7.11 Å². The minimum absolute atomic E-state index is 0.356. The Kier molecular flexibility index (Phi) is 3.57. The Morgan fingerprint density at radius 3 is 2.83 bits per heavy atom. The quantitative estimate of drug-likeness (QED) is 0.830. The molecule has 94 valence electrons. The molecule has 0 unspecified atom stereocenters. The molecule has 0 atom stereocenters. The fraction of sp³-hybridized carbons (Fsp3) is 0.250. The maximum Gasteiger partial charge on any atom is 0.339 e. The van der Waals surface area contributed by atoms with E-state index >= 15 is 0 Å². The number of hydrogen-bond donors (Lipinski definition) is 1. The summed E-state index contributed by atoms with van der Waals surface area (Å²) < 4.78 is 9.93. The number of benzene rings is 1. The van der Waals surface area contributed by atoms with Crippen LogP contribution in [0.25, 0.3) is 0 Å². The van der Waals surface area contributed by atoms with Crippen molar-refractivity contribution in [2.45, 2.75) is 13.5 Å². The van der Waals surface area contributed by atoms with Gasteiger partial charge in [0, 0.05) is 12.6 Å². The fourth-order valence-corrected chi connectivity index (χ4v) is 1.51. The van der Waals surface area contributed by atoms with E-state index in [1.54, 1.807) is 25.1 Å². The normalized spacial score (nSPS) is 10.1. The molecule has 2 rings (SSSR count). The van der Waals surface area contributed by atoms with E-state index in [-0.39, 0.29) is 5.97 Å². The lowest BCUT2D eigenvalue weighted by molar-refractivity contribution is 0.0602. The molecule has 0 aliphatic rings. The van der Waals surface area contributed by atoms with Gasteiger partial charge in [0.05, 0.1) is 19.2 Å². The molecule has 1 aromatic carbocycles. The summed E-state index contributed by atoms with van der Waals surface area (Å²) >= 11 is 0. The SMILES string of the molecule is COC(=O)c1ccccc1NCc1nnc(C)o1. The molecule has 2 aromatic rings. The van der Waals surface area contributed by atoms with Crippen molar-refractivity contribution in [2.24, 2.45) is 0 Å². The Labute approximate surface area is 104 Å². The van der Waals surface area contributed by atoms with Crippen molar-refractivity contribution in [1.29, 1.82) is 0 Å². The predicted octanol–water partition coefficient (Wildman–Crippen LogP) is 1.78. The molecule has 18 heavy (non-hydrogen) atoms. The van der Waals surface area contributed by atoms with Crippen LogP contribution in [-0.2, 0) is 11.3 Å². The monoisotopic (exact) mass is 247 g/mol. The Balaban J connectivity index is 2.11. The molecule has 0 saturated carbocycles. The van der Waals surface area contributed by atoms with Crippen molar-refractivity contribution in [3.63, 3.8) is 0 Å². The first kappa shape index (κ1) is 12.1. The second-order valence-corrected chi connectivity index (χ2v) is 3.61. The summed E-state index contributed by atoms with van der Waals surface area (Å²) in [7, 11) is 1.35. The zero-order chi connectivity index (χ0) is 13.0. The average Bonchev–Trinajstić information content (AvgIpc) is 2.81. The topological polar surface area (TPSA) is 77.2 Å². The van der Waals surface area contributed by atoms with Gasteiger partial charge >= 0.3 is 5.97 Å². The van der Waals surface area contributed by atoms with Crippen LogP contribution in [0.2, 0.25) is 0 Å². The summed E-state index contributed by atoms with van der Waals surface area (Å²) in [5.74, 6) is 0.583. The van der Waals surface area contributed by atoms with Crippen LogP contribution in [0.1, 0.15) is 22.1 Å². The number of aromatic nitrogens is 2. The smallest absolute Gasteiger partial charge is 0.339 e. The number of anilines is 1. The van der Waals surface area contributed by atoms with Gasteiger partial charge in [-0.05, 0) is 12.1 Å². The van der Waals surface area contributed by atoms with Crippen molar-refractivity contribution < 1.29 is 13.9 Å². The highest BCUT2D eigenvalue weighted by molar-refractivity contribution is 5.95. The van der Waals surface area contributed by atoms with Gasteiger partial charge in [0.1, 0.15) is 0 Å². The first-order chi connectivity index (χ1) is 8.70. The molecule has 6 nitrogen and oxygen atoms in total. The Bertz CT molecular complexity index is 551. The number of carbonyl (C=O) groups excluding carboxylic acids is 1. The molecule has 0 fully saturated rings. The maximum absolute atomic E-state index is 11.5. The highest BCUT2D eigenvalue weighted by Gasteiger charge is 2.11. The third-order valence-electron chi connectivity index (χ3n) is 2.33. The zero-order valence-electron chi connectivity index (χ0n) is 10.1. The average molecular weight is 247 g/mol. The number of nitrogens with zero attached hydrogens (tertiary/aromatic N) is 2. The van der Waals surface area contributed by atoms with E-state index in [4.69, 9.17) is 9.15 Å². The van der Waals surface area contributed by atoms with Crippen LogP contribution in [0, 0.1) is 6.92 Å². The number of nitrogens with one attached hydrogen (secondary N) is 1. The minimum atomic E-state index is -0.389. The van der Waals surface area contributed by atoms with Crippen molar-refractivity contribution >= 4 is 11.7 Å². The van der Waals surface area contributed by atoms with E-state index in [1.807, 2.05) is 6.07 Å². The molecule has 1 heterocycles. The third-order valence-corrected chi connectivity index (χ3v) is 2.33. The lowest BCUT2D eigenvalue weighted by Crippen LogP contribution is -2.08. The number of aryl methyl sites for hydroxylation is 1. The summed E-state index contributed by atoms with van der Waals surface area (Å²) in [6, 6.07) is 7.07. The molecular weight excluding hydrogens is 234 g/mol. The second kappa shape index (κ2) is 5.31. The zero-order valence-corrected chi connectivity index (χ0v) is 10.1. The van der Waals surface area contributed by atoms with Gasteiger partial charge in [-0.3, -0.25) is 0 Å². The number of methoxy groups -OCH3 is 1. The molecule has 0 aliphatic heterocycles. The lowest BCUT2D eigenvalue weighted by atomic mass is 10.2. The van der Waals surface area contributed by atoms with Crippen LogP contribution in [0.4, 0.5) is 5.69 Å². The maximum atomic E-state index is 11.5. The number of ether oxygens (including phenoxy) is 1. The summed E-state index contributed by atoms with van der Waals surface area (Å²) in [6.07, 6.45) is 0. The van der Waals surface area contributed by atoms with Crippen molar-refractivity contribution in [1.82, 2.24) is 10.2 Å². The van der Waals surface area contributed by atoms with Crippen LogP contribution in [-0.4, -0.2) is 23.3 Å². The van der Waals surface area contributed by atoms with E-state index in [9.17, 15) is 4.79 Å². The number of para-hydroxylation sites is 1. The molecule has 0 spiro atoms. The van der Waals surface area contributed by atoms with Gasteiger partial charge in [-0.2, -0.15) is 0 Å². The lowest BCUT2D eigenvalue weighted by Gasteiger charge is -2.08. The van der Waals surface area contributed by atoms with Crippen LogP contribution in [0.3, 0.4) is 0 Å². The predicted molar refractivity (Wildman–Crippen MR) is 64.1 cm³/mol. The van der Waals surface area contributed by atoms with Crippen molar-refractivity contribution in [3.8, 4) is 0 Å². The summed E-state index contributed by atoms with van der Waals surface area (Å²) in [4.78, 5) is 11.5. The molecule has 1 N–H and O–H groups in total. The van der Waals surface area contributed by atoms with Crippen LogP contribution in [0.15, 0.2) is 28.7 Å². The number of rotatable bonds is 4. The van der Waals surface area contributed by atoms with E-state index in [2.05, 4.69) is 15.5 Å². The van der Waals surface area contributed by atoms with Gasteiger partial charge in [-0.25, -0.2) is 4.79 Å². The van der Waals surface area contributed by atoms with Crippen LogP contribution < -0.4 is 5.32 Å². The largest absolute Gasteiger partial charge is 0.465 e. The first-order valence-corrected chi connectivity index (χ1v) is 5.41. The van der Waals surface area contributed by atoms with Gasteiger partial charge in [0.15, 0.2) is 0 Å². The standard InChI is InChI=1S/C12H13N3O3/c1-8-14-15-11(18-8)7-13-10-6-4-3-5-9(10)12(16)17-2/h3-6,13H,7H2,1-2H3. The Hall–Kier alpha value is -2.37. The number of hydrogen-bond acceptors (Lipinski definition) is 6. The molecule has 6 heteroatoms. The molecule has 0 amide bonds. The van der Waals surface area contributed by atoms with Gasteiger partial charge in [-0.1, -0.05) is 12.1 Å². The van der Waals surface area contributed by atoms with Gasteiger partial charge in [-0.15, -0.1) is 10.2 Å². The molecular formula is C12H13N3O3. The molecule has 0 saturated heterocycles. The Morgan fingerprint density at radius 2 is 2.17 bits per heavy atom. The summed E-state index contributed by atoms with van der Waals surface area (Å²) in [5.41, 5.74) is 1.14. The molecule has 0 bridgehead atoms. The number of esters is 1. The first-order valence-electron chi connectivity index (χ1n) is 5.41. The van der Waals surface area contributed by atoms with Gasteiger partial charge < -0.3 is 14.5 Å². The van der Waals surface area contributed by atoms with E-state index < -0.39 is 0 Å². The molecule has 0 radical (unpaired) electrons. The van der Waals surface area contributed by atoms with Gasteiger partial charge in [0.25, 0.3) is 0 Å². The highest BCUT2D eigenvalue weighted by atomic mass is 16.5. The van der Waals surface area contributed by atoms with Gasteiger partial charge in [0.2, 0.25) is 11.8 Å². The fourth-order valence-electron chi connectivity index (χ4n) is 1.51.